The Morgan fingerprint density at radius 1 is 0.606 bits per heavy atom. The summed E-state index contributed by atoms with van der Waals surface area (Å²) < 4.78 is 35.8. The lowest BCUT2D eigenvalue weighted by Crippen LogP contribution is -2.64. The standard InChI is InChI=1S/C57H111N3O11/c1-5-7-9-11-13-15-17-19-21-23-25-27-29-31-33-35-37-57(38-36-34-32-30-28-26-24-22-20-18-16-14-12-10-8-6-2)69-48-50(71-57)45-60(4)46-52(63)58-39-40-66-41-42-67-43-44-68-56-53(59-49(3)62)55(65)54(64)51(47-61)70-56/h50-51,53-56,61,64-65H,5-48H2,1-4H3,(H,58,63)(H,59,62). The molecule has 5 N–H and O–H groups in total. The van der Waals surface area contributed by atoms with Gasteiger partial charge in [-0.3, -0.25) is 14.5 Å². The number of amides is 2. The van der Waals surface area contributed by atoms with E-state index in [1.807, 2.05) is 11.9 Å². The van der Waals surface area contributed by atoms with Crippen molar-refractivity contribution < 1.29 is 53.3 Å². The largest absolute Gasteiger partial charge is 0.394 e. The molecule has 0 spiro atoms. The van der Waals surface area contributed by atoms with Crippen LogP contribution in [0.4, 0.5) is 0 Å². The number of hydrogen-bond acceptors (Lipinski definition) is 12. The van der Waals surface area contributed by atoms with Gasteiger partial charge in [0.25, 0.3) is 0 Å². The van der Waals surface area contributed by atoms with Gasteiger partial charge in [-0.25, -0.2) is 0 Å². The second-order valence-corrected chi connectivity index (χ2v) is 21.1. The average molecular weight is 1010 g/mol. The van der Waals surface area contributed by atoms with Gasteiger partial charge in [0.2, 0.25) is 11.8 Å². The lowest BCUT2D eigenvalue weighted by molar-refractivity contribution is -0.272. The van der Waals surface area contributed by atoms with Crippen LogP contribution in [0, 0.1) is 0 Å². The Kier molecular flexibility index (Phi) is 41.4. The number of hydrogen-bond donors (Lipinski definition) is 5. The van der Waals surface area contributed by atoms with Gasteiger partial charge in [-0.2, -0.15) is 0 Å². The van der Waals surface area contributed by atoms with E-state index in [1.165, 1.54) is 200 Å². The molecule has 2 heterocycles. The molecule has 0 aromatic carbocycles. The first-order chi connectivity index (χ1) is 34.6. The molecule has 0 aromatic heterocycles. The van der Waals surface area contributed by atoms with Crippen molar-refractivity contribution in [3.63, 3.8) is 0 Å². The first-order valence-electron chi connectivity index (χ1n) is 29.6. The van der Waals surface area contributed by atoms with Gasteiger partial charge in [0.1, 0.15) is 24.4 Å². The van der Waals surface area contributed by atoms with Gasteiger partial charge < -0.3 is 54.4 Å². The summed E-state index contributed by atoms with van der Waals surface area (Å²) in [6.45, 7) is 8.43. The molecule has 2 aliphatic rings. The highest BCUT2D eigenvalue weighted by Crippen LogP contribution is 2.35. The lowest BCUT2D eigenvalue weighted by Gasteiger charge is -2.42. The minimum atomic E-state index is -1.37. The minimum Gasteiger partial charge on any atom is -0.394 e. The molecule has 6 atom stereocenters. The van der Waals surface area contributed by atoms with Crippen LogP contribution in [-0.2, 0) is 38.0 Å². The van der Waals surface area contributed by atoms with Crippen LogP contribution in [0.5, 0.6) is 0 Å². The van der Waals surface area contributed by atoms with Crippen LogP contribution in [0.15, 0.2) is 0 Å². The molecule has 0 saturated carbocycles. The molecular formula is C57H111N3O11. The van der Waals surface area contributed by atoms with Crippen LogP contribution in [0.1, 0.15) is 239 Å². The van der Waals surface area contributed by atoms with Crippen LogP contribution < -0.4 is 10.6 Å². The molecule has 2 fully saturated rings. The van der Waals surface area contributed by atoms with Crippen molar-refractivity contribution in [2.45, 2.75) is 282 Å². The normalized spacial score (nSPS) is 21.1. The van der Waals surface area contributed by atoms with E-state index in [9.17, 15) is 24.9 Å². The number of nitrogens with zero attached hydrogens (tertiary/aromatic N) is 1. The van der Waals surface area contributed by atoms with Gasteiger partial charge in [0, 0.05) is 32.9 Å². The summed E-state index contributed by atoms with van der Waals surface area (Å²) in [4.78, 5) is 26.4. The fourth-order valence-electron chi connectivity index (χ4n) is 10.1. The number of likely N-dealkylation sites (N-methyl/N-ethyl adjacent to an activating group) is 1. The number of nitrogens with one attached hydrogen (secondary N) is 2. The number of rotatable bonds is 50. The lowest BCUT2D eigenvalue weighted by atomic mass is 9.97. The average Bonchev–Trinajstić information content (AvgIpc) is 3.75. The monoisotopic (exact) mass is 1010 g/mol. The summed E-state index contributed by atoms with van der Waals surface area (Å²) in [5, 5.41) is 35.5. The number of aliphatic hydroxyl groups excluding tert-OH is 3. The van der Waals surface area contributed by atoms with Crippen molar-refractivity contribution in [1.82, 2.24) is 15.5 Å². The third-order valence-corrected chi connectivity index (χ3v) is 14.4. The number of carbonyl (C=O) groups excluding carboxylic acids is 2. The van der Waals surface area contributed by atoms with E-state index >= 15 is 0 Å². The maximum atomic E-state index is 12.8. The van der Waals surface area contributed by atoms with Crippen LogP contribution in [0.2, 0.25) is 0 Å². The van der Waals surface area contributed by atoms with Crippen molar-refractivity contribution in [3.8, 4) is 0 Å². The van der Waals surface area contributed by atoms with E-state index in [1.54, 1.807) is 0 Å². The van der Waals surface area contributed by atoms with Crippen molar-refractivity contribution in [1.29, 1.82) is 0 Å². The second kappa shape index (κ2) is 44.8. The van der Waals surface area contributed by atoms with E-state index in [0.29, 0.717) is 39.5 Å². The highest BCUT2D eigenvalue weighted by molar-refractivity contribution is 5.77. The van der Waals surface area contributed by atoms with Crippen LogP contribution >= 0.6 is 0 Å². The molecule has 6 unspecified atom stereocenters. The molecule has 71 heavy (non-hydrogen) atoms. The summed E-state index contributed by atoms with van der Waals surface area (Å²) in [5.41, 5.74) is 0. The summed E-state index contributed by atoms with van der Waals surface area (Å²) in [6, 6.07) is -1.00. The van der Waals surface area contributed by atoms with E-state index in [4.69, 9.17) is 28.4 Å². The molecule has 14 nitrogen and oxygen atoms in total. The fraction of sp³-hybridized carbons (Fsp3) is 0.965. The second-order valence-electron chi connectivity index (χ2n) is 21.1. The smallest absolute Gasteiger partial charge is 0.234 e. The van der Waals surface area contributed by atoms with Gasteiger partial charge in [0.15, 0.2) is 12.1 Å². The molecule has 0 radical (unpaired) electrons. The Labute approximate surface area is 433 Å². The maximum absolute atomic E-state index is 12.8. The summed E-state index contributed by atoms with van der Waals surface area (Å²) in [6.07, 6.45) is 40.5. The molecular weight excluding hydrogens is 903 g/mol. The van der Waals surface area contributed by atoms with Gasteiger partial charge >= 0.3 is 0 Å². The van der Waals surface area contributed by atoms with E-state index in [2.05, 4.69) is 24.5 Å². The van der Waals surface area contributed by atoms with Gasteiger partial charge in [-0.15, -0.1) is 0 Å². The Balaban J connectivity index is 1.62. The Bertz CT molecular complexity index is 1200. The first kappa shape index (κ1) is 65.7. The molecule has 0 aromatic rings. The molecule has 2 saturated heterocycles. The summed E-state index contributed by atoms with van der Waals surface area (Å²) in [7, 11) is 1.96. The SMILES string of the molecule is CCCCCCCCCCCCCCCCCCC1(CCCCCCCCCCCCCCCCCC)OCC(CN(C)CC(=O)NCCOCCOCCOC2OC(CO)C(O)C(O)C2NC(C)=O)O1. The van der Waals surface area contributed by atoms with Crippen molar-refractivity contribution in [2.75, 3.05) is 72.9 Å². The van der Waals surface area contributed by atoms with E-state index in [-0.39, 0.29) is 31.8 Å². The van der Waals surface area contributed by atoms with Gasteiger partial charge in [0.05, 0.1) is 58.9 Å². The zero-order valence-electron chi connectivity index (χ0n) is 46.1. The highest BCUT2D eigenvalue weighted by Gasteiger charge is 2.45. The zero-order valence-corrected chi connectivity index (χ0v) is 46.1. The van der Waals surface area contributed by atoms with Crippen LogP contribution in [-0.4, -0.2) is 147 Å². The van der Waals surface area contributed by atoms with Gasteiger partial charge in [-0.05, 0) is 19.9 Å². The fourth-order valence-corrected chi connectivity index (χ4v) is 10.1. The molecule has 420 valence electrons. The van der Waals surface area contributed by atoms with Crippen LogP contribution in [0.3, 0.4) is 0 Å². The highest BCUT2D eigenvalue weighted by atomic mass is 16.7. The topological polar surface area (TPSA) is 178 Å². The van der Waals surface area contributed by atoms with E-state index in [0.717, 1.165) is 25.7 Å². The first-order valence-corrected chi connectivity index (χ1v) is 29.6. The summed E-state index contributed by atoms with van der Waals surface area (Å²) >= 11 is 0. The Morgan fingerprint density at radius 3 is 1.46 bits per heavy atom. The third-order valence-electron chi connectivity index (χ3n) is 14.4. The number of aliphatic hydroxyl groups is 3. The van der Waals surface area contributed by atoms with Crippen molar-refractivity contribution >= 4 is 11.8 Å². The Morgan fingerprint density at radius 2 is 1.03 bits per heavy atom. The summed E-state index contributed by atoms with van der Waals surface area (Å²) in [5.74, 6) is -0.995. The minimum absolute atomic E-state index is 0.0607. The van der Waals surface area contributed by atoms with Crippen molar-refractivity contribution in [3.05, 3.63) is 0 Å². The zero-order chi connectivity index (χ0) is 51.5. The number of unbranched alkanes of at least 4 members (excludes halogenated alkanes) is 30. The molecule has 0 aliphatic carbocycles. The van der Waals surface area contributed by atoms with Crippen molar-refractivity contribution in [2.24, 2.45) is 0 Å². The maximum Gasteiger partial charge on any atom is 0.234 e. The molecule has 2 aliphatic heterocycles. The van der Waals surface area contributed by atoms with Gasteiger partial charge in [-0.1, -0.05) is 206 Å². The molecule has 0 bridgehead atoms. The Hall–Kier alpha value is -1.46. The quantitative estimate of drug-likeness (QED) is 0.0365. The number of carbonyl (C=O) groups is 2. The molecule has 2 rings (SSSR count). The predicted octanol–water partition coefficient (Wildman–Crippen LogP) is 10.4. The van der Waals surface area contributed by atoms with E-state index < -0.39 is 48.9 Å². The van der Waals surface area contributed by atoms with Crippen LogP contribution in [0.25, 0.3) is 0 Å². The molecule has 14 heteroatoms. The molecule has 2 amide bonds. The predicted molar refractivity (Wildman–Crippen MR) is 285 cm³/mol. The third kappa shape index (κ3) is 34.0. The number of ether oxygens (including phenoxy) is 6.